The van der Waals surface area contributed by atoms with Crippen LogP contribution in [0.2, 0.25) is 0 Å². The molecule has 0 unspecified atom stereocenters. The molecule has 4 rings (SSSR count). The molecule has 0 bridgehead atoms. The Kier molecular flexibility index (Phi) is 3.59. The van der Waals surface area contributed by atoms with Gasteiger partial charge >= 0.3 is 0 Å². The van der Waals surface area contributed by atoms with E-state index in [1.165, 1.54) is 18.4 Å². The van der Waals surface area contributed by atoms with E-state index in [1.807, 2.05) is 44.6 Å². The zero-order valence-corrected chi connectivity index (χ0v) is 14.3. The highest BCUT2D eigenvalue weighted by Gasteiger charge is 2.25. The molecule has 1 saturated carbocycles. The lowest BCUT2D eigenvalue weighted by Crippen LogP contribution is -2.21. The first-order chi connectivity index (χ1) is 11.6. The molecule has 6 nitrogen and oxygen atoms in total. The van der Waals surface area contributed by atoms with Crippen LogP contribution in [-0.2, 0) is 6.54 Å². The maximum atomic E-state index is 4.88. The van der Waals surface area contributed by atoms with E-state index >= 15 is 0 Å². The average molecular weight is 322 g/mol. The molecule has 2 aromatic rings. The van der Waals surface area contributed by atoms with E-state index in [0.29, 0.717) is 6.04 Å². The average Bonchev–Trinajstić information content (AvgIpc) is 3.39. The molecule has 1 fully saturated rings. The fourth-order valence-electron chi connectivity index (χ4n) is 2.77. The van der Waals surface area contributed by atoms with Crippen molar-refractivity contribution in [2.75, 3.05) is 31.4 Å². The molecule has 1 aliphatic carbocycles. The third-order valence-corrected chi connectivity index (χ3v) is 4.32. The van der Waals surface area contributed by atoms with Gasteiger partial charge in [0.1, 0.15) is 11.6 Å². The van der Waals surface area contributed by atoms with Gasteiger partial charge in [-0.15, -0.1) is 0 Å². The second kappa shape index (κ2) is 5.78. The van der Waals surface area contributed by atoms with Crippen LogP contribution in [0.1, 0.15) is 18.4 Å². The summed E-state index contributed by atoms with van der Waals surface area (Å²) in [6.45, 7) is 0.832. The first-order valence-corrected chi connectivity index (χ1v) is 8.29. The normalized spacial score (nSPS) is 16.0. The van der Waals surface area contributed by atoms with Crippen molar-refractivity contribution >= 4 is 23.7 Å². The highest BCUT2D eigenvalue weighted by molar-refractivity contribution is 5.76. The first-order valence-electron chi connectivity index (χ1n) is 8.29. The monoisotopic (exact) mass is 322 g/mol. The van der Waals surface area contributed by atoms with Gasteiger partial charge in [0, 0.05) is 51.1 Å². The Balaban J connectivity index is 1.74. The van der Waals surface area contributed by atoms with Gasteiger partial charge in [-0.3, -0.25) is 0 Å². The second-order valence-electron chi connectivity index (χ2n) is 6.73. The summed E-state index contributed by atoms with van der Waals surface area (Å²) < 4.78 is 0. The van der Waals surface area contributed by atoms with E-state index in [2.05, 4.69) is 32.3 Å². The minimum Gasteiger partial charge on any atom is -0.367 e. The van der Waals surface area contributed by atoms with E-state index in [9.17, 15) is 0 Å². The minimum atomic E-state index is 0.558. The number of nitrogens with zero attached hydrogens (tertiary/aromatic N) is 5. The Hall–Kier alpha value is -2.63. The summed E-state index contributed by atoms with van der Waals surface area (Å²) in [5.74, 6) is 1.90. The van der Waals surface area contributed by atoms with E-state index in [1.54, 1.807) is 0 Å². The topological polar surface area (TPSA) is 56.7 Å². The molecule has 0 spiro atoms. The van der Waals surface area contributed by atoms with Crippen LogP contribution in [0, 0.1) is 0 Å². The Bertz CT molecular complexity index is 777. The fourth-order valence-corrected chi connectivity index (χ4v) is 2.77. The van der Waals surface area contributed by atoms with Crippen LogP contribution in [-0.4, -0.2) is 48.4 Å². The van der Waals surface area contributed by atoms with Gasteiger partial charge in [0.25, 0.3) is 0 Å². The van der Waals surface area contributed by atoms with Crippen molar-refractivity contribution in [3.05, 3.63) is 30.0 Å². The largest absolute Gasteiger partial charge is 0.367 e. The Morgan fingerprint density at radius 1 is 1.25 bits per heavy atom. The van der Waals surface area contributed by atoms with E-state index in [-0.39, 0.29) is 0 Å². The van der Waals surface area contributed by atoms with Crippen LogP contribution in [0.5, 0.6) is 0 Å². The molecule has 0 atom stereocenters. The lowest BCUT2D eigenvalue weighted by atomic mass is 10.1. The van der Waals surface area contributed by atoms with Crippen LogP contribution in [0.15, 0.2) is 29.4 Å². The number of hydrogen-bond donors (Lipinski definition) is 1. The second-order valence-corrected chi connectivity index (χ2v) is 6.73. The summed E-state index contributed by atoms with van der Waals surface area (Å²) in [5.41, 5.74) is 4.10. The third kappa shape index (κ3) is 2.91. The van der Waals surface area contributed by atoms with Gasteiger partial charge in [0.2, 0.25) is 0 Å². The Morgan fingerprint density at radius 3 is 2.75 bits per heavy atom. The molecular weight excluding hydrogens is 300 g/mol. The van der Waals surface area contributed by atoms with Gasteiger partial charge in [0.05, 0.1) is 17.7 Å². The van der Waals surface area contributed by atoms with Gasteiger partial charge < -0.3 is 15.1 Å². The van der Waals surface area contributed by atoms with Gasteiger partial charge in [-0.25, -0.2) is 15.0 Å². The summed E-state index contributed by atoms with van der Waals surface area (Å²) >= 11 is 0. The third-order valence-electron chi connectivity index (χ3n) is 4.32. The standard InChI is InChI=1S/C18H22N6/c1-23(2)17-7-4-12(9-19-17)15-8-16-14(10-24(3)11-20-16)18(22-15)21-13-5-6-13/h4,7-9,11,13H,5-6,10H2,1-3H3,(H,21,22). The molecule has 0 amide bonds. The molecule has 3 heterocycles. The highest BCUT2D eigenvalue weighted by Crippen LogP contribution is 2.36. The summed E-state index contributed by atoms with van der Waals surface area (Å²) in [4.78, 5) is 18.0. The predicted molar refractivity (Wildman–Crippen MR) is 98.1 cm³/mol. The van der Waals surface area contributed by atoms with Crippen molar-refractivity contribution in [3.63, 3.8) is 0 Å². The molecule has 0 radical (unpaired) electrons. The number of fused-ring (bicyclic) bond motifs is 1. The zero-order valence-electron chi connectivity index (χ0n) is 14.3. The van der Waals surface area contributed by atoms with Crippen LogP contribution in [0.25, 0.3) is 11.3 Å². The van der Waals surface area contributed by atoms with E-state index < -0.39 is 0 Å². The van der Waals surface area contributed by atoms with Crippen LogP contribution in [0.3, 0.4) is 0 Å². The number of rotatable bonds is 4. The van der Waals surface area contributed by atoms with Crippen molar-refractivity contribution in [2.45, 2.75) is 25.4 Å². The fraction of sp³-hybridized carbons (Fsp3) is 0.389. The summed E-state index contributed by atoms with van der Waals surface area (Å²) in [5, 5.41) is 3.56. The van der Waals surface area contributed by atoms with E-state index in [4.69, 9.17) is 4.98 Å². The Morgan fingerprint density at radius 2 is 2.08 bits per heavy atom. The highest BCUT2D eigenvalue weighted by atomic mass is 15.2. The van der Waals surface area contributed by atoms with Crippen LogP contribution < -0.4 is 10.2 Å². The Labute approximate surface area is 142 Å². The quantitative estimate of drug-likeness (QED) is 0.938. The predicted octanol–water partition coefficient (Wildman–Crippen LogP) is 2.89. The molecular formula is C18H22N6. The number of nitrogens with one attached hydrogen (secondary N) is 1. The maximum absolute atomic E-state index is 4.88. The summed E-state index contributed by atoms with van der Waals surface area (Å²) in [6, 6.07) is 6.70. The number of aromatic nitrogens is 2. The SMILES string of the molecule is CN1C=Nc2cc(-c3ccc(N(C)C)nc3)nc(NC3CC3)c2C1. The zero-order chi connectivity index (χ0) is 16.7. The minimum absolute atomic E-state index is 0.558. The van der Waals surface area contributed by atoms with Crippen LogP contribution in [0.4, 0.5) is 17.3 Å². The molecule has 1 aliphatic heterocycles. The first kappa shape index (κ1) is 14.9. The molecule has 2 aromatic heterocycles. The molecule has 0 saturated heterocycles. The van der Waals surface area contributed by atoms with Crippen molar-refractivity contribution < 1.29 is 0 Å². The van der Waals surface area contributed by atoms with Crippen molar-refractivity contribution in [3.8, 4) is 11.3 Å². The van der Waals surface area contributed by atoms with Crippen molar-refractivity contribution in [1.29, 1.82) is 0 Å². The number of pyridine rings is 2. The van der Waals surface area contributed by atoms with E-state index in [0.717, 1.165) is 35.1 Å². The molecule has 6 heteroatoms. The molecule has 1 N–H and O–H groups in total. The molecule has 24 heavy (non-hydrogen) atoms. The lowest BCUT2D eigenvalue weighted by molar-refractivity contribution is 0.509. The van der Waals surface area contributed by atoms with Gasteiger partial charge in [-0.1, -0.05) is 0 Å². The van der Waals surface area contributed by atoms with Gasteiger partial charge in [-0.05, 0) is 31.0 Å². The smallest absolute Gasteiger partial charge is 0.134 e. The summed E-state index contributed by atoms with van der Waals surface area (Å²) in [7, 11) is 6.01. The molecule has 0 aromatic carbocycles. The number of anilines is 2. The molecule has 124 valence electrons. The van der Waals surface area contributed by atoms with Gasteiger partial charge in [0.15, 0.2) is 0 Å². The van der Waals surface area contributed by atoms with Crippen molar-refractivity contribution in [2.24, 2.45) is 4.99 Å². The number of hydrogen-bond acceptors (Lipinski definition) is 6. The number of aliphatic imine (C=N–C) groups is 1. The maximum Gasteiger partial charge on any atom is 0.134 e. The van der Waals surface area contributed by atoms with Crippen molar-refractivity contribution in [1.82, 2.24) is 14.9 Å². The summed E-state index contributed by atoms with van der Waals surface area (Å²) in [6.07, 6.45) is 6.20. The van der Waals surface area contributed by atoms with Crippen LogP contribution >= 0.6 is 0 Å². The molecule has 2 aliphatic rings. The lowest BCUT2D eigenvalue weighted by Gasteiger charge is -2.23. The van der Waals surface area contributed by atoms with Gasteiger partial charge in [-0.2, -0.15) is 0 Å².